The molecule has 23 heavy (non-hydrogen) atoms. The van der Waals surface area contributed by atoms with Crippen LogP contribution in [0.1, 0.15) is 65.7 Å². The third kappa shape index (κ3) is 5.15. The van der Waals surface area contributed by atoms with Crippen molar-refractivity contribution in [3.05, 3.63) is 12.2 Å². The van der Waals surface area contributed by atoms with E-state index in [1.807, 2.05) is 6.21 Å². The normalized spacial score (nSPS) is 25.7. The second-order valence-electron chi connectivity index (χ2n) is 7.28. The Hall–Kier alpha value is -0.670. The fraction of sp³-hybridized carbons (Fsp3) is 0.850. The van der Waals surface area contributed by atoms with Gasteiger partial charge in [0.05, 0.1) is 0 Å². The summed E-state index contributed by atoms with van der Waals surface area (Å²) in [4.78, 5) is 10.00. The van der Waals surface area contributed by atoms with Crippen LogP contribution in [-0.2, 0) is 0 Å². The molecule has 0 N–H and O–H groups in total. The van der Waals surface area contributed by atoms with E-state index in [1.54, 1.807) is 0 Å². The maximum Gasteiger partial charge on any atom is 0.131 e. The molecule has 2 rings (SSSR count). The van der Waals surface area contributed by atoms with E-state index in [4.69, 9.17) is 4.99 Å². The van der Waals surface area contributed by atoms with Gasteiger partial charge in [0.25, 0.3) is 0 Å². The zero-order valence-corrected chi connectivity index (χ0v) is 15.6. The van der Waals surface area contributed by atoms with Crippen molar-refractivity contribution in [1.29, 1.82) is 0 Å². The van der Waals surface area contributed by atoms with Gasteiger partial charge in [0.1, 0.15) is 5.66 Å². The Morgan fingerprint density at radius 3 is 2.30 bits per heavy atom. The maximum absolute atomic E-state index is 4.74. The summed E-state index contributed by atoms with van der Waals surface area (Å²) in [5.74, 6) is 0.930. The molecule has 1 atom stereocenters. The van der Waals surface area contributed by atoms with E-state index in [9.17, 15) is 0 Å². The lowest BCUT2D eigenvalue weighted by Gasteiger charge is -2.41. The van der Waals surface area contributed by atoms with Crippen molar-refractivity contribution in [1.82, 2.24) is 9.80 Å². The molecular formula is C20H37N3. The van der Waals surface area contributed by atoms with Gasteiger partial charge in [-0.1, -0.05) is 20.8 Å². The Kier molecular flexibility index (Phi) is 7.78. The number of rotatable bonds is 10. The number of hydrogen-bond acceptors (Lipinski definition) is 3. The summed E-state index contributed by atoms with van der Waals surface area (Å²) in [7, 11) is 0. The van der Waals surface area contributed by atoms with Crippen LogP contribution in [0.15, 0.2) is 17.1 Å². The molecule has 3 heteroatoms. The van der Waals surface area contributed by atoms with Gasteiger partial charge in [-0.2, -0.15) is 0 Å². The van der Waals surface area contributed by atoms with Gasteiger partial charge >= 0.3 is 0 Å². The number of aliphatic imine (C=N–C) groups is 1. The minimum absolute atomic E-state index is 0.00990. The lowest BCUT2D eigenvalue weighted by Crippen LogP contribution is -2.48. The highest BCUT2D eigenvalue weighted by atomic mass is 15.3. The Morgan fingerprint density at radius 1 is 1.09 bits per heavy atom. The average molecular weight is 320 g/mol. The van der Waals surface area contributed by atoms with Gasteiger partial charge in [-0.15, -0.1) is 0 Å². The molecule has 0 spiro atoms. The quantitative estimate of drug-likeness (QED) is 0.596. The largest absolute Gasteiger partial charge is 0.303 e. The van der Waals surface area contributed by atoms with E-state index in [-0.39, 0.29) is 5.66 Å². The van der Waals surface area contributed by atoms with Crippen LogP contribution in [0.3, 0.4) is 0 Å². The summed E-state index contributed by atoms with van der Waals surface area (Å²) in [6.07, 6.45) is 15.5. The molecule has 2 heterocycles. The van der Waals surface area contributed by atoms with E-state index in [0.29, 0.717) is 0 Å². The Balaban J connectivity index is 1.68. The van der Waals surface area contributed by atoms with Crippen molar-refractivity contribution >= 4 is 6.21 Å². The number of nitrogens with zero attached hydrogens (tertiary/aromatic N) is 3. The highest BCUT2D eigenvalue weighted by Crippen LogP contribution is 2.32. The Morgan fingerprint density at radius 2 is 1.78 bits per heavy atom. The standard InChI is InChI=1S/C20H37N3/c1-4-14-22(15-5-2)16-7-9-19-10-17-23(18-11-19)20(6-3)12-8-13-21-20/h8,12-13,19H,4-7,9-11,14-18H2,1-3H3. The molecular weight excluding hydrogens is 282 g/mol. The predicted octanol–water partition coefficient (Wildman–Crippen LogP) is 4.35. The van der Waals surface area contributed by atoms with Gasteiger partial charge in [0, 0.05) is 19.3 Å². The molecule has 2 aliphatic rings. The molecule has 0 bridgehead atoms. The zero-order valence-electron chi connectivity index (χ0n) is 15.6. The third-order valence-corrected chi connectivity index (χ3v) is 5.60. The molecule has 0 aliphatic carbocycles. The van der Waals surface area contributed by atoms with E-state index in [1.165, 1.54) is 71.2 Å². The fourth-order valence-electron chi connectivity index (χ4n) is 4.21. The molecule has 0 saturated carbocycles. The van der Waals surface area contributed by atoms with Gasteiger partial charge in [-0.25, -0.2) is 0 Å². The second kappa shape index (κ2) is 9.58. The Labute approximate surface area is 143 Å². The summed E-state index contributed by atoms with van der Waals surface area (Å²) < 4.78 is 0. The van der Waals surface area contributed by atoms with Crippen molar-refractivity contribution in [3.63, 3.8) is 0 Å². The van der Waals surface area contributed by atoms with Crippen LogP contribution in [0, 0.1) is 5.92 Å². The molecule has 0 amide bonds. The summed E-state index contributed by atoms with van der Waals surface area (Å²) in [5, 5.41) is 0. The van der Waals surface area contributed by atoms with Crippen LogP contribution in [-0.4, -0.2) is 54.4 Å². The SMILES string of the molecule is CCCN(CCC)CCCC1CCN(C2(CC)C=CC=N2)CC1. The second-order valence-corrected chi connectivity index (χ2v) is 7.28. The Bertz CT molecular complexity index is 362. The lowest BCUT2D eigenvalue weighted by molar-refractivity contribution is 0.0833. The highest BCUT2D eigenvalue weighted by Gasteiger charge is 2.35. The van der Waals surface area contributed by atoms with E-state index in [0.717, 1.165) is 12.3 Å². The summed E-state index contributed by atoms with van der Waals surface area (Å²) in [5.41, 5.74) is -0.00990. The molecule has 1 unspecified atom stereocenters. The third-order valence-electron chi connectivity index (χ3n) is 5.60. The predicted molar refractivity (Wildman–Crippen MR) is 101 cm³/mol. The molecule has 0 radical (unpaired) electrons. The molecule has 0 aromatic rings. The van der Waals surface area contributed by atoms with Gasteiger partial charge < -0.3 is 4.90 Å². The topological polar surface area (TPSA) is 18.8 Å². The molecule has 0 aromatic carbocycles. The number of piperidine rings is 1. The minimum atomic E-state index is -0.00990. The molecule has 1 fully saturated rings. The minimum Gasteiger partial charge on any atom is -0.303 e. The highest BCUT2D eigenvalue weighted by molar-refractivity contribution is 5.75. The smallest absolute Gasteiger partial charge is 0.131 e. The van der Waals surface area contributed by atoms with Gasteiger partial charge in [0.2, 0.25) is 0 Å². The van der Waals surface area contributed by atoms with Gasteiger partial charge in [0.15, 0.2) is 0 Å². The van der Waals surface area contributed by atoms with Crippen molar-refractivity contribution in [2.45, 2.75) is 71.4 Å². The number of allylic oxidation sites excluding steroid dienone is 1. The van der Waals surface area contributed by atoms with Crippen LogP contribution in [0.2, 0.25) is 0 Å². The van der Waals surface area contributed by atoms with Crippen LogP contribution >= 0.6 is 0 Å². The number of likely N-dealkylation sites (tertiary alicyclic amines) is 1. The molecule has 0 aromatic heterocycles. The summed E-state index contributed by atoms with van der Waals surface area (Å²) in [6.45, 7) is 13.1. The van der Waals surface area contributed by atoms with E-state index < -0.39 is 0 Å². The first-order valence-corrected chi connectivity index (χ1v) is 9.94. The number of hydrogen-bond donors (Lipinski definition) is 0. The van der Waals surface area contributed by atoms with Crippen LogP contribution in [0.5, 0.6) is 0 Å². The maximum atomic E-state index is 4.74. The van der Waals surface area contributed by atoms with E-state index >= 15 is 0 Å². The van der Waals surface area contributed by atoms with Gasteiger partial charge in [-0.3, -0.25) is 9.89 Å². The summed E-state index contributed by atoms with van der Waals surface area (Å²) in [6, 6.07) is 0. The zero-order chi connectivity index (χ0) is 16.5. The van der Waals surface area contributed by atoms with Crippen molar-refractivity contribution in [2.24, 2.45) is 10.9 Å². The fourth-order valence-corrected chi connectivity index (χ4v) is 4.21. The van der Waals surface area contributed by atoms with Gasteiger partial charge in [-0.05, 0) is 82.6 Å². The van der Waals surface area contributed by atoms with Crippen LogP contribution < -0.4 is 0 Å². The first kappa shape index (κ1) is 18.7. The monoisotopic (exact) mass is 319 g/mol. The van der Waals surface area contributed by atoms with Crippen LogP contribution in [0.25, 0.3) is 0 Å². The first-order chi connectivity index (χ1) is 11.2. The van der Waals surface area contributed by atoms with Crippen molar-refractivity contribution in [2.75, 3.05) is 32.7 Å². The van der Waals surface area contributed by atoms with Crippen LogP contribution in [0.4, 0.5) is 0 Å². The average Bonchev–Trinajstić information content (AvgIpc) is 3.06. The molecule has 132 valence electrons. The first-order valence-electron chi connectivity index (χ1n) is 9.94. The summed E-state index contributed by atoms with van der Waals surface area (Å²) >= 11 is 0. The van der Waals surface area contributed by atoms with Crippen molar-refractivity contribution in [3.8, 4) is 0 Å². The molecule has 3 nitrogen and oxygen atoms in total. The lowest BCUT2D eigenvalue weighted by atomic mass is 9.90. The van der Waals surface area contributed by atoms with Crippen molar-refractivity contribution < 1.29 is 0 Å². The molecule has 2 aliphatic heterocycles. The van der Waals surface area contributed by atoms with E-state index in [2.05, 4.69) is 42.7 Å². The molecule has 1 saturated heterocycles.